The third kappa shape index (κ3) is 5.75. The van der Waals surface area contributed by atoms with Gasteiger partial charge in [0.25, 0.3) is 0 Å². The molecule has 0 atom stereocenters. The fraction of sp³-hybridized carbons (Fsp3) is 0.833. The van der Waals surface area contributed by atoms with Crippen LogP contribution in [-0.4, -0.2) is 24.5 Å². The Balaban J connectivity index is 3.26. The highest BCUT2D eigenvalue weighted by molar-refractivity contribution is 7.80. The first-order valence-corrected chi connectivity index (χ1v) is 3.85. The molecule has 0 bridgehead atoms. The van der Waals surface area contributed by atoms with Crippen molar-refractivity contribution in [1.29, 1.82) is 0 Å². The maximum absolute atomic E-state index is 10.6. The predicted octanol–water partition coefficient (Wildman–Crippen LogP) is 1.05. The zero-order valence-corrected chi connectivity index (χ0v) is 7.15. The number of carbonyl (C=O) groups excluding carboxylic acids is 1. The molecule has 60 valence electrons. The Hall–Kier alpha value is -0.380. The average molecular weight is 163 g/mol. The molecule has 0 spiro atoms. The van der Waals surface area contributed by atoms with Gasteiger partial charge in [0.1, 0.15) is 0 Å². The molecule has 0 aliphatic carbocycles. The molecule has 0 fully saturated rings. The largest absolute Gasteiger partial charge is 0.447 e. The second-order valence-electron chi connectivity index (χ2n) is 2.10. The van der Waals surface area contributed by atoms with Gasteiger partial charge in [-0.2, -0.15) is 12.6 Å². The summed E-state index contributed by atoms with van der Waals surface area (Å²) >= 11 is 3.92. The highest BCUT2D eigenvalue weighted by atomic mass is 32.1. The third-order valence-electron chi connectivity index (χ3n) is 0.724. The number of amides is 1. The van der Waals surface area contributed by atoms with Crippen LogP contribution in [0, 0.1) is 0 Å². The summed E-state index contributed by atoms with van der Waals surface area (Å²) in [5.41, 5.74) is 0. The highest BCUT2D eigenvalue weighted by Gasteiger charge is 2.01. The molecule has 0 heterocycles. The van der Waals surface area contributed by atoms with Crippen LogP contribution in [0.1, 0.15) is 13.8 Å². The SMILES string of the molecule is CC(C)OC(=O)NCCS. The van der Waals surface area contributed by atoms with E-state index >= 15 is 0 Å². The monoisotopic (exact) mass is 163 g/mol. The lowest BCUT2D eigenvalue weighted by atomic mass is 10.5. The van der Waals surface area contributed by atoms with Crippen LogP contribution < -0.4 is 5.32 Å². The topological polar surface area (TPSA) is 38.3 Å². The molecule has 0 aliphatic rings. The lowest BCUT2D eigenvalue weighted by Gasteiger charge is -2.07. The van der Waals surface area contributed by atoms with Crippen molar-refractivity contribution in [2.75, 3.05) is 12.3 Å². The summed E-state index contributed by atoms with van der Waals surface area (Å²) in [6, 6.07) is 0. The first kappa shape index (κ1) is 9.62. The first-order chi connectivity index (χ1) is 4.66. The van der Waals surface area contributed by atoms with E-state index in [9.17, 15) is 4.79 Å². The van der Waals surface area contributed by atoms with Crippen molar-refractivity contribution in [1.82, 2.24) is 5.32 Å². The van der Waals surface area contributed by atoms with Gasteiger partial charge in [-0.15, -0.1) is 0 Å². The second-order valence-corrected chi connectivity index (χ2v) is 2.55. The van der Waals surface area contributed by atoms with Crippen molar-refractivity contribution in [3.05, 3.63) is 0 Å². The van der Waals surface area contributed by atoms with Gasteiger partial charge in [0.2, 0.25) is 0 Å². The zero-order chi connectivity index (χ0) is 7.98. The second kappa shape index (κ2) is 5.41. The number of rotatable bonds is 3. The number of thiol groups is 1. The smallest absolute Gasteiger partial charge is 0.407 e. The summed E-state index contributed by atoms with van der Waals surface area (Å²) in [6.45, 7) is 4.16. The van der Waals surface area contributed by atoms with E-state index in [1.165, 1.54) is 0 Å². The number of hydrogen-bond acceptors (Lipinski definition) is 3. The molecular formula is C6H13NO2S. The van der Waals surface area contributed by atoms with E-state index in [2.05, 4.69) is 17.9 Å². The van der Waals surface area contributed by atoms with Crippen LogP contribution in [0.4, 0.5) is 4.79 Å². The van der Waals surface area contributed by atoms with E-state index in [0.29, 0.717) is 12.3 Å². The minimum Gasteiger partial charge on any atom is -0.447 e. The van der Waals surface area contributed by atoms with Gasteiger partial charge in [0.05, 0.1) is 6.10 Å². The lowest BCUT2D eigenvalue weighted by Crippen LogP contribution is -2.28. The Labute approximate surface area is 66.5 Å². The Morgan fingerprint density at radius 1 is 1.70 bits per heavy atom. The molecule has 0 unspecified atom stereocenters. The number of nitrogens with one attached hydrogen (secondary N) is 1. The molecule has 0 rings (SSSR count). The van der Waals surface area contributed by atoms with Crippen LogP contribution in [-0.2, 0) is 4.74 Å². The molecule has 0 radical (unpaired) electrons. The van der Waals surface area contributed by atoms with Crippen molar-refractivity contribution in [2.24, 2.45) is 0 Å². The van der Waals surface area contributed by atoms with E-state index in [1.807, 2.05) is 0 Å². The summed E-state index contributed by atoms with van der Waals surface area (Å²) < 4.78 is 4.77. The zero-order valence-electron chi connectivity index (χ0n) is 6.26. The van der Waals surface area contributed by atoms with Gasteiger partial charge >= 0.3 is 6.09 Å². The molecule has 4 heteroatoms. The summed E-state index contributed by atoms with van der Waals surface area (Å²) in [4.78, 5) is 10.6. The van der Waals surface area contributed by atoms with Gasteiger partial charge in [0, 0.05) is 12.3 Å². The van der Waals surface area contributed by atoms with Crippen molar-refractivity contribution in [3.63, 3.8) is 0 Å². The van der Waals surface area contributed by atoms with E-state index in [4.69, 9.17) is 4.74 Å². The van der Waals surface area contributed by atoms with E-state index < -0.39 is 0 Å². The van der Waals surface area contributed by atoms with Gasteiger partial charge in [-0.1, -0.05) is 0 Å². The van der Waals surface area contributed by atoms with E-state index in [-0.39, 0.29) is 12.2 Å². The fourth-order valence-electron chi connectivity index (χ4n) is 0.414. The Morgan fingerprint density at radius 2 is 2.30 bits per heavy atom. The lowest BCUT2D eigenvalue weighted by molar-refractivity contribution is 0.116. The molecule has 0 aromatic heterocycles. The summed E-state index contributed by atoms with van der Waals surface area (Å²) in [7, 11) is 0. The summed E-state index contributed by atoms with van der Waals surface area (Å²) in [6.07, 6.45) is -0.427. The number of carbonyl (C=O) groups is 1. The van der Waals surface area contributed by atoms with Gasteiger partial charge in [-0.05, 0) is 13.8 Å². The average Bonchev–Trinajstić information content (AvgIpc) is 1.82. The maximum Gasteiger partial charge on any atom is 0.407 e. The molecular weight excluding hydrogens is 150 g/mol. The number of hydrogen-bond donors (Lipinski definition) is 2. The standard InChI is InChI=1S/C6H13NO2S/c1-5(2)9-6(8)7-3-4-10/h5,10H,3-4H2,1-2H3,(H,7,8). The van der Waals surface area contributed by atoms with Crippen LogP contribution in [0.15, 0.2) is 0 Å². The third-order valence-corrected chi connectivity index (χ3v) is 0.947. The van der Waals surface area contributed by atoms with Gasteiger partial charge < -0.3 is 10.1 Å². The van der Waals surface area contributed by atoms with Crippen molar-refractivity contribution < 1.29 is 9.53 Å². The number of alkyl carbamates (subject to hydrolysis) is 1. The molecule has 3 nitrogen and oxygen atoms in total. The van der Waals surface area contributed by atoms with Gasteiger partial charge in [-0.3, -0.25) is 0 Å². The highest BCUT2D eigenvalue weighted by Crippen LogP contribution is 1.87. The fourth-order valence-corrected chi connectivity index (χ4v) is 0.526. The molecule has 0 aromatic carbocycles. The minimum atomic E-state index is -0.371. The van der Waals surface area contributed by atoms with E-state index in [0.717, 1.165) is 0 Å². The van der Waals surface area contributed by atoms with Crippen LogP contribution in [0.5, 0.6) is 0 Å². The van der Waals surface area contributed by atoms with Crippen LogP contribution in [0.25, 0.3) is 0 Å². The van der Waals surface area contributed by atoms with E-state index in [1.54, 1.807) is 13.8 Å². The maximum atomic E-state index is 10.6. The molecule has 0 saturated carbocycles. The van der Waals surface area contributed by atoms with Crippen molar-refractivity contribution >= 4 is 18.7 Å². The van der Waals surface area contributed by atoms with Crippen molar-refractivity contribution in [3.8, 4) is 0 Å². The molecule has 10 heavy (non-hydrogen) atoms. The summed E-state index contributed by atoms with van der Waals surface area (Å²) in [5, 5.41) is 2.53. The number of ether oxygens (including phenoxy) is 1. The normalized spacial score (nSPS) is 9.60. The van der Waals surface area contributed by atoms with Crippen LogP contribution in [0.3, 0.4) is 0 Å². The van der Waals surface area contributed by atoms with Crippen LogP contribution >= 0.6 is 12.6 Å². The van der Waals surface area contributed by atoms with Gasteiger partial charge in [0.15, 0.2) is 0 Å². The Morgan fingerprint density at radius 3 is 2.70 bits per heavy atom. The van der Waals surface area contributed by atoms with Crippen LogP contribution in [0.2, 0.25) is 0 Å². The molecule has 0 aliphatic heterocycles. The Kier molecular flexibility index (Phi) is 5.20. The molecule has 1 amide bonds. The minimum absolute atomic E-state index is 0.0556. The Bertz CT molecular complexity index is 106. The quantitative estimate of drug-likeness (QED) is 0.610. The molecule has 1 N–H and O–H groups in total. The molecule has 0 aromatic rings. The molecule has 0 saturated heterocycles. The van der Waals surface area contributed by atoms with Gasteiger partial charge in [-0.25, -0.2) is 4.79 Å². The predicted molar refractivity (Wildman–Crippen MR) is 43.5 cm³/mol. The van der Waals surface area contributed by atoms with Crippen molar-refractivity contribution in [2.45, 2.75) is 20.0 Å². The summed E-state index contributed by atoms with van der Waals surface area (Å²) in [5.74, 6) is 0.632. The first-order valence-electron chi connectivity index (χ1n) is 3.22.